The number of thioether (sulfide) groups is 1. The summed E-state index contributed by atoms with van der Waals surface area (Å²) in [5.41, 5.74) is 6.84. The van der Waals surface area contributed by atoms with Crippen LogP contribution < -0.4 is 0 Å². The van der Waals surface area contributed by atoms with E-state index in [0.29, 0.717) is 5.17 Å². The number of carbonyl (C=O) groups excluding carboxylic acids is 1. The Morgan fingerprint density at radius 2 is 1.90 bits per heavy atom. The Bertz CT molecular complexity index is 1170. The lowest BCUT2D eigenvalue weighted by Gasteiger charge is -2.20. The maximum absolute atomic E-state index is 12.7. The number of carbonyl (C=O) groups is 1. The third-order valence-corrected chi connectivity index (χ3v) is 6.45. The summed E-state index contributed by atoms with van der Waals surface area (Å²) >= 11 is 1.38. The van der Waals surface area contributed by atoms with Crippen LogP contribution in [0.1, 0.15) is 47.8 Å². The van der Waals surface area contributed by atoms with Crippen LogP contribution >= 0.6 is 11.8 Å². The van der Waals surface area contributed by atoms with Gasteiger partial charge in [-0.1, -0.05) is 13.0 Å². The molecule has 0 spiro atoms. The third kappa shape index (κ3) is 3.43. The first-order valence-corrected chi connectivity index (χ1v) is 10.9. The monoisotopic (exact) mass is 419 g/mol. The van der Waals surface area contributed by atoms with Gasteiger partial charge in [0.25, 0.3) is 5.91 Å². The second-order valence-electron chi connectivity index (χ2n) is 7.69. The minimum absolute atomic E-state index is 0.0830. The number of nitrogens with zero attached hydrogens (tertiary/aromatic N) is 4. The molecular weight excluding hydrogens is 394 g/mol. The fourth-order valence-electron chi connectivity index (χ4n) is 3.70. The Morgan fingerprint density at radius 3 is 2.60 bits per heavy atom. The zero-order valence-electron chi connectivity index (χ0n) is 17.9. The zero-order chi connectivity index (χ0) is 21.6. The number of hydrogen-bond acceptors (Lipinski definition) is 4. The van der Waals surface area contributed by atoms with Crippen LogP contribution in [0.25, 0.3) is 11.8 Å². The van der Waals surface area contributed by atoms with Gasteiger partial charge < -0.3 is 4.57 Å². The lowest BCUT2D eigenvalue weighted by atomic mass is 10.1. The fourth-order valence-corrected chi connectivity index (χ4v) is 4.68. The molecular formula is C23H25N5OS. The van der Waals surface area contributed by atoms with Gasteiger partial charge in [0.15, 0.2) is 5.84 Å². The van der Waals surface area contributed by atoms with Crippen molar-refractivity contribution < 1.29 is 4.79 Å². The average Bonchev–Trinajstić information content (AvgIpc) is 3.21. The van der Waals surface area contributed by atoms with Crippen molar-refractivity contribution in [3.8, 4) is 5.69 Å². The van der Waals surface area contributed by atoms with E-state index in [2.05, 4.69) is 53.6 Å². The summed E-state index contributed by atoms with van der Waals surface area (Å²) in [6.45, 7) is 10.4. The Balaban J connectivity index is 1.73. The highest BCUT2D eigenvalue weighted by atomic mass is 32.2. The normalized spacial score (nSPS) is 17.5. The predicted molar refractivity (Wildman–Crippen MR) is 125 cm³/mol. The molecule has 1 N–H and O–H groups in total. The molecule has 1 aromatic carbocycles. The van der Waals surface area contributed by atoms with Gasteiger partial charge in [-0.05, 0) is 93.3 Å². The molecule has 6 nitrogen and oxygen atoms in total. The quantitative estimate of drug-likeness (QED) is 0.698. The molecule has 0 fully saturated rings. The summed E-state index contributed by atoms with van der Waals surface area (Å²) < 4.78 is 2.17. The molecule has 0 saturated heterocycles. The van der Waals surface area contributed by atoms with E-state index in [1.54, 1.807) is 6.08 Å². The Kier molecular flexibility index (Phi) is 5.24. The lowest BCUT2D eigenvalue weighted by Crippen LogP contribution is -2.35. The van der Waals surface area contributed by atoms with Crippen LogP contribution in [-0.4, -0.2) is 31.5 Å². The third-order valence-electron chi connectivity index (χ3n) is 5.48. The Morgan fingerprint density at radius 1 is 1.13 bits per heavy atom. The highest BCUT2D eigenvalue weighted by Gasteiger charge is 2.35. The van der Waals surface area contributed by atoms with Crippen LogP contribution in [0.4, 0.5) is 0 Å². The highest BCUT2D eigenvalue weighted by molar-refractivity contribution is 8.26. The van der Waals surface area contributed by atoms with E-state index in [4.69, 9.17) is 5.41 Å². The number of aromatic nitrogens is 1. The van der Waals surface area contributed by atoms with Crippen molar-refractivity contribution in [1.29, 1.82) is 5.41 Å². The topological polar surface area (TPSA) is 73.8 Å². The standard InChI is InChI=1S/C23H25N5OS/c1-6-7-20-26-28-21(24)19(22(29)25-23(28)30-20)12-17-11-15(4)27(16(17)5)18-9-8-13(2)14(3)10-18/h8-12,24H,6-7H2,1-5H3. The van der Waals surface area contributed by atoms with Gasteiger partial charge in [-0.3, -0.25) is 10.2 Å². The van der Waals surface area contributed by atoms with Crippen LogP contribution in [0.3, 0.4) is 0 Å². The van der Waals surface area contributed by atoms with Gasteiger partial charge in [-0.2, -0.15) is 15.1 Å². The van der Waals surface area contributed by atoms with Crippen LogP contribution in [0.2, 0.25) is 0 Å². The van der Waals surface area contributed by atoms with E-state index >= 15 is 0 Å². The van der Waals surface area contributed by atoms with Crippen molar-refractivity contribution >= 4 is 39.8 Å². The highest BCUT2D eigenvalue weighted by Crippen LogP contribution is 2.31. The number of aryl methyl sites for hydroxylation is 3. The van der Waals surface area contributed by atoms with Gasteiger partial charge in [0.05, 0.1) is 5.57 Å². The molecule has 1 aromatic heterocycles. The molecule has 154 valence electrons. The number of rotatable bonds is 4. The maximum atomic E-state index is 12.7. The summed E-state index contributed by atoms with van der Waals surface area (Å²) in [5, 5.41) is 15.9. The van der Waals surface area contributed by atoms with E-state index in [0.717, 1.165) is 40.5 Å². The summed E-state index contributed by atoms with van der Waals surface area (Å²) in [6.07, 6.45) is 3.54. The van der Waals surface area contributed by atoms with Crippen LogP contribution in [0.5, 0.6) is 0 Å². The maximum Gasteiger partial charge on any atom is 0.283 e. The number of benzene rings is 1. The predicted octanol–water partition coefficient (Wildman–Crippen LogP) is 5.13. The number of nitrogens with one attached hydrogen (secondary N) is 1. The van der Waals surface area contributed by atoms with Gasteiger partial charge >= 0.3 is 0 Å². The molecule has 4 rings (SSSR count). The molecule has 1 amide bonds. The molecule has 7 heteroatoms. The van der Waals surface area contributed by atoms with Crippen molar-refractivity contribution in [3.05, 3.63) is 57.9 Å². The van der Waals surface area contributed by atoms with E-state index in [1.807, 2.05) is 19.9 Å². The molecule has 2 aliphatic heterocycles. The first kappa shape index (κ1) is 20.3. The SMILES string of the molecule is CCCC1=NN2C(=N)C(=Cc3cc(C)n(-c4ccc(C)c(C)c4)c3C)C(=O)N=C2S1. The van der Waals surface area contributed by atoms with Crippen molar-refractivity contribution in [2.45, 2.75) is 47.5 Å². The van der Waals surface area contributed by atoms with Gasteiger partial charge in [-0.15, -0.1) is 0 Å². The van der Waals surface area contributed by atoms with Crippen LogP contribution in [-0.2, 0) is 4.79 Å². The number of amidine groups is 2. The van der Waals surface area contributed by atoms with Crippen LogP contribution in [0, 0.1) is 33.1 Å². The van der Waals surface area contributed by atoms with E-state index in [9.17, 15) is 4.79 Å². The molecule has 30 heavy (non-hydrogen) atoms. The summed E-state index contributed by atoms with van der Waals surface area (Å²) in [4.78, 5) is 16.9. The second kappa shape index (κ2) is 7.72. The summed E-state index contributed by atoms with van der Waals surface area (Å²) in [5.74, 6) is -0.303. The number of aliphatic imine (C=N–C) groups is 1. The largest absolute Gasteiger partial charge is 0.318 e. The summed E-state index contributed by atoms with van der Waals surface area (Å²) in [6, 6.07) is 8.44. The molecule has 0 saturated carbocycles. The van der Waals surface area contributed by atoms with Crippen LogP contribution in [0.15, 0.2) is 39.9 Å². The van der Waals surface area contributed by atoms with Gasteiger partial charge in [0.1, 0.15) is 5.04 Å². The van der Waals surface area contributed by atoms with Crippen molar-refractivity contribution in [2.75, 3.05) is 0 Å². The minimum Gasteiger partial charge on any atom is -0.318 e. The Labute approximate surface area is 180 Å². The molecule has 0 unspecified atom stereocenters. The molecule has 3 heterocycles. The van der Waals surface area contributed by atoms with Gasteiger partial charge in [0, 0.05) is 17.1 Å². The van der Waals surface area contributed by atoms with Gasteiger partial charge in [-0.25, -0.2) is 0 Å². The first-order valence-electron chi connectivity index (χ1n) is 10.1. The van der Waals surface area contributed by atoms with E-state index in [1.165, 1.54) is 27.9 Å². The molecule has 0 bridgehead atoms. The second-order valence-corrected chi connectivity index (χ2v) is 8.73. The number of amides is 1. The Hall–Kier alpha value is -2.93. The van der Waals surface area contributed by atoms with Crippen molar-refractivity contribution in [3.63, 3.8) is 0 Å². The van der Waals surface area contributed by atoms with Crippen molar-refractivity contribution in [1.82, 2.24) is 9.58 Å². The van der Waals surface area contributed by atoms with Gasteiger partial charge in [0.2, 0.25) is 5.17 Å². The van der Waals surface area contributed by atoms with E-state index in [-0.39, 0.29) is 17.3 Å². The number of hydrogen-bond donors (Lipinski definition) is 1. The fraction of sp³-hybridized carbons (Fsp3) is 0.304. The molecule has 2 aliphatic rings. The zero-order valence-corrected chi connectivity index (χ0v) is 18.7. The minimum atomic E-state index is -0.386. The summed E-state index contributed by atoms with van der Waals surface area (Å²) in [7, 11) is 0. The first-order chi connectivity index (χ1) is 14.3. The molecule has 2 aromatic rings. The lowest BCUT2D eigenvalue weighted by molar-refractivity contribution is -0.114. The molecule has 0 radical (unpaired) electrons. The van der Waals surface area contributed by atoms with E-state index < -0.39 is 0 Å². The average molecular weight is 420 g/mol. The molecule has 0 atom stereocenters. The smallest absolute Gasteiger partial charge is 0.283 e. The number of fused-ring (bicyclic) bond motifs is 1. The number of hydrazone groups is 1. The molecule has 0 aliphatic carbocycles. The van der Waals surface area contributed by atoms with Crippen molar-refractivity contribution in [2.24, 2.45) is 10.1 Å².